The predicted octanol–water partition coefficient (Wildman–Crippen LogP) is 3.42. The molecule has 0 radical (unpaired) electrons. The highest BCUT2D eigenvalue weighted by Gasteiger charge is 2.34. The lowest BCUT2D eigenvalue weighted by Gasteiger charge is -2.27. The number of aromatic nitrogens is 1. The zero-order valence-electron chi connectivity index (χ0n) is 15.4. The monoisotopic (exact) mass is 369 g/mol. The van der Waals surface area contributed by atoms with Crippen LogP contribution >= 0.6 is 0 Å². The summed E-state index contributed by atoms with van der Waals surface area (Å²) in [5.41, 5.74) is 9.17. The van der Waals surface area contributed by atoms with Crippen LogP contribution in [-0.2, 0) is 6.54 Å². The van der Waals surface area contributed by atoms with Crippen molar-refractivity contribution in [3.8, 4) is 11.8 Å². The number of hydrogen-bond acceptors (Lipinski definition) is 4. The number of aryl methyl sites for hydroxylation is 1. The lowest BCUT2D eigenvalue weighted by molar-refractivity contribution is 0.389. The van der Waals surface area contributed by atoms with Gasteiger partial charge in [-0.15, -0.1) is 0 Å². The minimum absolute atomic E-state index is 0.0449. The molecule has 138 valence electrons. The number of allylic oxidation sites excluding steroid dienone is 1. The van der Waals surface area contributed by atoms with E-state index in [0.29, 0.717) is 17.9 Å². The largest absolute Gasteiger partial charge is 0.440 e. The van der Waals surface area contributed by atoms with Crippen LogP contribution in [0.3, 0.4) is 0 Å². The second-order valence-corrected chi connectivity index (χ2v) is 6.78. The molecule has 5 heteroatoms. The molecule has 1 aliphatic heterocycles. The summed E-state index contributed by atoms with van der Waals surface area (Å²) in [5.74, 6) is -0.0919. The molecule has 2 heterocycles. The van der Waals surface area contributed by atoms with E-state index in [4.69, 9.17) is 10.5 Å². The van der Waals surface area contributed by atoms with Crippen molar-refractivity contribution < 1.29 is 4.74 Å². The molecule has 0 fully saturated rings. The van der Waals surface area contributed by atoms with Crippen LogP contribution in [0.5, 0.6) is 5.75 Å². The van der Waals surface area contributed by atoms with Crippen molar-refractivity contribution in [3.63, 3.8) is 0 Å². The Kier molecular flexibility index (Phi) is 4.46. The van der Waals surface area contributed by atoms with Crippen molar-refractivity contribution in [2.75, 3.05) is 0 Å². The first-order valence-corrected chi connectivity index (χ1v) is 9.01. The summed E-state index contributed by atoms with van der Waals surface area (Å²) < 4.78 is 7.39. The van der Waals surface area contributed by atoms with Crippen molar-refractivity contribution in [2.45, 2.75) is 19.4 Å². The third kappa shape index (κ3) is 2.95. The number of fused-ring (bicyclic) bond motifs is 1. The van der Waals surface area contributed by atoms with E-state index < -0.39 is 5.92 Å². The van der Waals surface area contributed by atoms with Gasteiger partial charge in [-0.1, -0.05) is 60.7 Å². The van der Waals surface area contributed by atoms with E-state index in [-0.39, 0.29) is 17.0 Å². The molecule has 1 atom stereocenters. The van der Waals surface area contributed by atoms with Crippen LogP contribution in [0, 0.1) is 18.3 Å². The average molecular weight is 369 g/mol. The third-order valence-electron chi connectivity index (χ3n) is 5.01. The van der Waals surface area contributed by atoms with Crippen LogP contribution < -0.4 is 16.0 Å². The Labute approximate surface area is 162 Å². The van der Waals surface area contributed by atoms with Crippen molar-refractivity contribution in [3.05, 3.63) is 111 Å². The summed E-state index contributed by atoms with van der Waals surface area (Å²) in [6.07, 6.45) is 0. The third-order valence-corrected chi connectivity index (χ3v) is 5.01. The molecule has 5 nitrogen and oxygen atoms in total. The number of pyridine rings is 1. The summed E-state index contributed by atoms with van der Waals surface area (Å²) in [5, 5.41) is 9.69. The van der Waals surface area contributed by atoms with E-state index in [0.717, 1.165) is 16.8 Å². The number of ether oxygens (including phenoxy) is 1. The number of hydrogen-bond donors (Lipinski definition) is 1. The minimum atomic E-state index is -0.551. The first kappa shape index (κ1) is 17.6. The van der Waals surface area contributed by atoms with Gasteiger partial charge >= 0.3 is 0 Å². The Bertz CT molecular complexity index is 1160. The van der Waals surface area contributed by atoms with Crippen molar-refractivity contribution in [2.24, 2.45) is 5.73 Å². The number of benzene rings is 2. The van der Waals surface area contributed by atoms with E-state index in [2.05, 4.69) is 6.07 Å². The van der Waals surface area contributed by atoms with Gasteiger partial charge in [-0.25, -0.2) is 0 Å². The average Bonchev–Trinajstić information content (AvgIpc) is 2.71. The van der Waals surface area contributed by atoms with E-state index in [1.807, 2.05) is 73.7 Å². The molecule has 0 unspecified atom stereocenters. The van der Waals surface area contributed by atoms with Crippen molar-refractivity contribution in [1.82, 2.24) is 4.57 Å². The Morgan fingerprint density at radius 1 is 1.11 bits per heavy atom. The first-order valence-electron chi connectivity index (χ1n) is 9.01. The molecule has 1 aromatic heterocycles. The van der Waals surface area contributed by atoms with Gasteiger partial charge in [-0.2, -0.15) is 5.26 Å². The van der Waals surface area contributed by atoms with Crippen LogP contribution in [0.25, 0.3) is 0 Å². The number of rotatable bonds is 3. The number of nitriles is 1. The Balaban J connectivity index is 1.93. The van der Waals surface area contributed by atoms with Gasteiger partial charge in [-0.05, 0) is 18.1 Å². The summed E-state index contributed by atoms with van der Waals surface area (Å²) in [7, 11) is 0. The smallest absolute Gasteiger partial charge is 0.259 e. The maximum Gasteiger partial charge on any atom is 0.259 e. The fourth-order valence-electron chi connectivity index (χ4n) is 3.63. The molecule has 0 saturated heterocycles. The van der Waals surface area contributed by atoms with Crippen molar-refractivity contribution >= 4 is 0 Å². The maximum absolute atomic E-state index is 13.5. The van der Waals surface area contributed by atoms with Gasteiger partial charge in [0.25, 0.3) is 5.56 Å². The van der Waals surface area contributed by atoms with Gasteiger partial charge in [-0.3, -0.25) is 4.79 Å². The van der Waals surface area contributed by atoms with E-state index in [1.54, 1.807) is 4.57 Å². The van der Waals surface area contributed by atoms with Crippen molar-refractivity contribution in [1.29, 1.82) is 5.26 Å². The molecule has 0 bridgehead atoms. The van der Waals surface area contributed by atoms with E-state index in [9.17, 15) is 10.1 Å². The quantitative estimate of drug-likeness (QED) is 0.767. The Hall–Kier alpha value is -3.78. The molecule has 28 heavy (non-hydrogen) atoms. The molecule has 2 aromatic carbocycles. The fraction of sp³-hybridized carbons (Fsp3) is 0.130. The molecule has 0 amide bonds. The lowest BCUT2D eigenvalue weighted by Crippen LogP contribution is -2.33. The van der Waals surface area contributed by atoms with E-state index >= 15 is 0 Å². The molecular weight excluding hydrogens is 350 g/mol. The van der Waals surface area contributed by atoms with Crippen LogP contribution in [0.1, 0.15) is 28.3 Å². The highest BCUT2D eigenvalue weighted by Crippen LogP contribution is 2.40. The molecule has 4 rings (SSSR count). The summed E-state index contributed by atoms with van der Waals surface area (Å²) >= 11 is 0. The first-order chi connectivity index (χ1) is 13.6. The zero-order chi connectivity index (χ0) is 19.7. The second kappa shape index (κ2) is 7.09. The highest BCUT2D eigenvalue weighted by molar-refractivity contribution is 5.55. The minimum Gasteiger partial charge on any atom is -0.440 e. The van der Waals surface area contributed by atoms with Gasteiger partial charge in [0.15, 0.2) is 0 Å². The van der Waals surface area contributed by atoms with Gasteiger partial charge in [0.1, 0.15) is 17.4 Å². The highest BCUT2D eigenvalue weighted by atomic mass is 16.5. The lowest BCUT2D eigenvalue weighted by atomic mass is 9.84. The predicted molar refractivity (Wildman–Crippen MR) is 107 cm³/mol. The van der Waals surface area contributed by atoms with Crippen LogP contribution in [0.4, 0.5) is 0 Å². The Morgan fingerprint density at radius 2 is 1.75 bits per heavy atom. The summed E-state index contributed by atoms with van der Waals surface area (Å²) in [4.78, 5) is 13.5. The van der Waals surface area contributed by atoms with Crippen LogP contribution in [0.2, 0.25) is 0 Å². The van der Waals surface area contributed by atoms with Crippen LogP contribution in [0.15, 0.2) is 83.0 Å². The molecular formula is C23H19N3O2. The second-order valence-electron chi connectivity index (χ2n) is 6.78. The van der Waals surface area contributed by atoms with Gasteiger partial charge in [0.05, 0.1) is 18.0 Å². The van der Waals surface area contributed by atoms with Gasteiger partial charge < -0.3 is 15.0 Å². The SMILES string of the molecule is Cc1cc2c(c(=O)n1Cc1ccccc1)[C@H](c1ccccc1)C(C#N)=C(N)O2. The maximum atomic E-state index is 13.5. The molecule has 0 spiro atoms. The van der Waals surface area contributed by atoms with E-state index in [1.165, 1.54) is 0 Å². The molecule has 3 aromatic rings. The number of nitrogens with two attached hydrogens (primary N) is 1. The Morgan fingerprint density at radius 3 is 2.39 bits per heavy atom. The molecule has 0 saturated carbocycles. The molecule has 1 aliphatic rings. The molecule has 2 N–H and O–H groups in total. The van der Waals surface area contributed by atoms with Crippen LogP contribution in [-0.4, -0.2) is 4.57 Å². The van der Waals surface area contributed by atoms with Gasteiger partial charge in [0.2, 0.25) is 5.88 Å². The molecule has 0 aliphatic carbocycles. The number of nitrogens with zero attached hydrogens (tertiary/aromatic N) is 2. The fourth-order valence-corrected chi connectivity index (χ4v) is 3.63. The standard InChI is InChI=1S/C23H19N3O2/c1-15-12-19-21(23(27)26(15)14-16-8-4-2-5-9-16)20(17-10-6-3-7-11-17)18(13-24)22(25)28-19/h2-12,20H,14,25H2,1H3/t20-/m1/s1. The zero-order valence-corrected chi connectivity index (χ0v) is 15.4. The topological polar surface area (TPSA) is 81.0 Å². The summed E-state index contributed by atoms with van der Waals surface area (Å²) in [6, 6.07) is 23.2. The summed E-state index contributed by atoms with van der Waals surface area (Å²) in [6.45, 7) is 2.31. The van der Waals surface area contributed by atoms with Gasteiger partial charge in [0, 0.05) is 11.8 Å². The normalized spacial score (nSPS) is 15.5.